The molecule has 7 aromatic rings. The number of hydrogen-bond acceptors (Lipinski definition) is 2. The Kier molecular flexibility index (Phi) is 11.0. The van der Waals surface area contributed by atoms with Crippen molar-refractivity contribution in [1.82, 2.24) is 19.9 Å². The van der Waals surface area contributed by atoms with Crippen molar-refractivity contribution in [2.45, 2.75) is 83.1 Å². The van der Waals surface area contributed by atoms with Crippen LogP contribution in [0.2, 0.25) is 0 Å². The molecule has 5 heteroatoms. The lowest BCUT2D eigenvalue weighted by Gasteiger charge is -2.20. The van der Waals surface area contributed by atoms with Crippen LogP contribution in [-0.4, -0.2) is 43.0 Å². The van der Waals surface area contributed by atoms with Crippen LogP contribution in [0, 0.1) is 83.1 Å². The number of fused-ring (bicyclic) bond motifs is 8. The third kappa shape index (κ3) is 7.53. The van der Waals surface area contributed by atoms with E-state index in [-0.39, 0.29) is 23.1 Å². The van der Waals surface area contributed by atoms with Crippen LogP contribution in [0.3, 0.4) is 0 Å². The van der Waals surface area contributed by atoms with Gasteiger partial charge in [0.25, 0.3) is 0 Å². The highest BCUT2D eigenvalue weighted by Crippen LogP contribution is 2.50. The van der Waals surface area contributed by atoms with Gasteiger partial charge in [-0.05, 0) is 198 Å². The molecular weight excluding hydrogens is 753 g/mol. The van der Waals surface area contributed by atoms with Crippen LogP contribution in [0.4, 0.5) is 0 Å². The Morgan fingerprint density at radius 1 is 0.361 bits per heavy atom. The minimum atomic E-state index is 0. The van der Waals surface area contributed by atoms with Crippen molar-refractivity contribution < 1.29 is 0 Å². The lowest BCUT2D eigenvalue weighted by Crippen LogP contribution is -2.01. The highest BCUT2D eigenvalue weighted by Gasteiger charge is 2.29. The molecule has 0 saturated carbocycles. The summed E-state index contributed by atoms with van der Waals surface area (Å²) in [7, 11) is 0. The average molecular weight is 809 g/mol. The van der Waals surface area contributed by atoms with Crippen LogP contribution in [0.25, 0.3) is 79.2 Å². The van der Waals surface area contributed by atoms with E-state index in [1.54, 1.807) is 0 Å². The van der Waals surface area contributed by atoms with Gasteiger partial charge in [0.2, 0.25) is 0 Å². The molecule has 3 aromatic heterocycles. The van der Waals surface area contributed by atoms with E-state index in [4.69, 9.17) is 9.97 Å². The Morgan fingerprint density at radius 2 is 0.754 bits per heavy atom. The van der Waals surface area contributed by atoms with E-state index in [9.17, 15) is 0 Å². The van der Waals surface area contributed by atoms with Gasteiger partial charge < -0.3 is 9.97 Å². The summed E-state index contributed by atoms with van der Waals surface area (Å²) in [6.07, 6.45) is 6.54. The van der Waals surface area contributed by atoms with Gasteiger partial charge >= 0.3 is 23.1 Å². The number of nitrogens with one attached hydrogen (secondary N) is 2. The second kappa shape index (κ2) is 15.9. The first-order valence-corrected chi connectivity index (χ1v) is 21.1. The topological polar surface area (TPSA) is 57.4 Å². The molecule has 5 heterocycles. The largest absolute Gasteiger partial charge is 0.355 e. The molecule has 0 radical (unpaired) electrons. The van der Waals surface area contributed by atoms with Gasteiger partial charge in [-0.2, -0.15) is 0 Å². The molecule has 0 spiro atoms. The maximum atomic E-state index is 5.74. The van der Waals surface area contributed by atoms with Crippen molar-refractivity contribution in [2.75, 3.05) is 0 Å². The molecule has 4 nitrogen and oxygen atoms in total. The predicted molar refractivity (Wildman–Crippen MR) is 265 cm³/mol. The molecule has 302 valence electrons. The summed E-state index contributed by atoms with van der Waals surface area (Å²) < 4.78 is 0. The fourth-order valence-corrected chi connectivity index (χ4v) is 10.5. The van der Waals surface area contributed by atoms with Gasteiger partial charge in [0.15, 0.2) is 0 Å². The summed E-state index contributed by atoms with van der Waals surface area (Å²) in [6.45, 7) is 26.9. The van der Waals surface area contributed by atoms with E-state index in [2.05, 4.69) is 190 Å². The molecule has 2 aliphatic heterocycles. The maximum Gasteiger partial charge on any atom is 0.316 e. The minimum absolute atomic E-state index is 0. The number of rotatable bonds is 4. The Morgan fingerprint density at radius 3 is 1.23 bits per heavy atom. The number of H-pyrrole nitrogens is 2. The SMILES string of the molecule is Cc1cc(C)c(C2=Cc3cc4ccc(cc5nc(cc6[nH]c(c(-c7c(C)cc(C)cc7C)c2n3)c(-c2c(C)cc(C)cc2C)c6-c2c(C)cc(C)cc2C)C=C5)[nH]4)c(C)c1.[MgH2]. The first kappa shape index (κ1) is 42.0. The number of aromatic nitrogens is 4. The number of benzene rings is 4. The van der Waals surface area contributed by atoms with E-state index < -0.39 is 0 Å². The van der Waals surface area contributed by atoms with Gasteiger partial charge in [-0.25, -0.2) is 9.97 Å². The highest BCUT2D eigenvalue weighted by atomic mass is 24.3. The van der Waals surface area contributed by atoms with E-state index in [1.165, 1.54) is 100 Å². The van der Waals surface area contributed by atoms with E-state index in [0.29, 0.717) is 0 Å². The highest BCUT2D eigenvalue weighted by molar-refractivity contribution is 6.13. The molecule has 0 unspecified atom stereocenters. The summed E-state index contributed by atoms with van der Waals surface area (Å²) in [5, 5.41) is 0. The lowest BCUT2D eigenvalue weighted by atomic mass is 9.83. The van der Waals surface area contributed by atoms with Crippen LogP contribution in [0.15, 0.2) is 78.9 Å². The smallest absolute Gasteiger partial charge is 0.316 e. The van der Waals surface area contributed by atoms with Crippen LogP contribution < -0.4 is 0 Å². The van der Waals surface area contributed by atoms with Gasteiger partial charge in [0, 0.05) is 38.8 Å². The monoisotopic (exact) mass is 808 g/mol. The third-order valence-corrected chi connectivity index (χ3v) is 12.3. The van der Waals surface area contributed by atoms with Gasteiger partial charge in [-0.15, -0.1) is 0 Å². The lowest BCUT2D eigenvalue weighted by molar-refractivity contribution is 1.25. The fraction of sp³-hybridized carbons (Fsp3) is 0.214. The Hall–Kier alpha value is -5.75. The second-order valence-corrected chi connectivity index (χ2v) is 17.7. The van der Waals surface area contributed by atoms with Gasteiger partial charge in [-0.1, -0.05) is 70.8 Å². The Balaban J connectivity index is 0.00000514. The van der Waals surface area contributed by atoms with Crippen molar-refractivity contribution in [3.63, 3.8) is 0 Å². The van der Waals surface area contributed by atoms with Gasteiger partial charge in [0.1, 0.15) is 0 Å². The Bertz CT molecular complexity index is 3130. The minimum Gasteiger partial charge on any atom is -0.355 e. The van der Waals surface area contributed by atoms with Crippen LogP contribution >= 0.6 is 0 Å². The van der Waals surface area contributed by atoms with Crippen LogP contribution in [-0.2, 0) is 0 Å². The maximum absolute atomic E-state index is 5.74. The van der Waals surface area contributed by atoms with Crippen molar-refractivity contribution in [3.05, 3.63) is 174 Å². The normalized spacial score (nSPS) is 12.2. The Labute approximate surface area is 377 Å². The third-order valence-electron chi connectivity index (χ3n) is 12.3. The molecule has 0 atom stereocenters. The number of aryl methyl sites for hydroxylation is 12. The van der Waals surface area contributed by atoms with Crippen LogP contribution in [0.5, 0.6) is 0 Å². The van der Waals surface area contributed by atoms with Crippen molar-refractivity contribution in [3.8, 4) is 33.4 Å². The van der Waals surface area contributed by atoms with E-state index >= 15 is 0 Å². The first-order chi connectivity index (χ1) is 28.6. The fourth-order valence-electron chi connectivity index (χ4n) is 10.5. The molecule has 0 aliphatic carbocycles. The second-order valence-electron chi connectivity index (χ2n) is 17.7. The van der Waals surface area contributed by atoms with Gasteiger partial charge in [-0.3, -0.25) is 0 Å². The summed E-state index contributed by atoms with van der Waals surface area (Å²) in [5.74, 6) is 0. The zero-order chi connectivity index (χ0) is 42.3. The predicted octanol–water partition coefficient (Wildman–Crippen LogP) is 13.9. The summed E-state index contributed by atoms with van der Waals surface area (Å²) in [4.78, 5) is 18.7. The summed E-state index contributed by atoms with van der Waals surface area (Å²) in [6, 6.07) is 29.4. The summed E-state index contributed by atoms with van der Waals surface area (Å²) >= 11 is 0. The molecular formula is C56H56MgN4. The molecule has 4 aromatic carbocycles. The van der Waals surface area contributed by atoms with Crippen molar-refractivity contribution >= 4 is 68.9 Å². The zero-order valence-electron chi connectivity index (χ0n) is 37.1. The molecule has 2 aliphatic rings. The van der Waals surface area contributed by atoms with Crippen molar-refractivity contribution in [1.29, 1.82) is 0 Å². The average Bonchev–Trinajstić information content (AvgIpc) is 3.94. The summed E-state index contributed by atoms with van der Waals surface area (Å²) in [5.41, 5.74) is 32.1. The molecule has 0 saturated heterocycles. The number of aromatic amines is 2. The standard InChI is InChI=1S/C56H54N4.Mg.2H/c1-29-17-33(5)48(34(6)18-29)46-27-45-26-43-14-13-41(57-43)25-42-15-16-44(58-42)28-47-52(49-35(7)19-30(2)20-36(49)8)53(50-37(9)21-31(3)22-38(50)10)56(60-47)54(55(46)59-45)51-39(11)23-32(4)24-40(51)12;;;/h13-28,57,60H,1-12H3;;;. The number of hydrogen-bond donors (Lipinski definition) is 2. The molecule has 0 amide bonds. The molecule has 0 fully saturated rings. The van der Waals surface area contributed by atoms with Crippen molar-refractivity contribution in [2.24, 2.45) is 0 Å². The van der Waals surface area contributed by atoms with Crippen LogP contribution in [0.1, 0.15) is 95.1 Å². The number of nitrogens with zero attached hydrogens (tertiary/aromatic N) is 2. The van der Waals surface area contributed by atoms with E-state index in [1.807, 2.05) is 0 Å². The van der Waals surface area contributed by atoms with E-state index in [0.717, 1.165) is 56.0 Å². The molecule has 8 bridgehead atoms. The zero-order valence-corrected chi connectivity index (χ0v) is 37.1. The van der Waals surface area contributed by atoms with Gasteiger partial charge in [0.05, 0.1) is 28.3 Å². The molecule has 9 rings (SSSR count). The molecule has 2 N–H and O–H groups in total. The molecule has 61 heavy (non-hydrogen) atoms. The first-order valence-electron chi connectivity index (χ1n) is 21.1. The quantitative estimate of drug-likeness (QED) is 0.174.